The van der Waals surface area contributed by atoms with Crippen LogP contribution in [-0.4, -0.2) is 20.7 Å². The van der Waals surface area contributed by atoms with Crippen LogP contribution in [0.15, 0.2) is 36.7 Å². The van der Waals surface area contributed by atoms with E-state index in [1.54, 1.807) is 42.2 Å². The number of rotatable bonds is 3. The Kier molecular flexibility index (Phi) is 3.38. The van der Waals surface area contributed by atoms with Crippen molar-refractivity contribution in [2.45, 2.75) is 0 Å². The first-order valence-electron chi connectivity index (χ1n) is 5.26. The van der Waals surface area contributed by atoms with E-state index in [0.29, 0.717) is 21.8 Å². The summed E-state index contributed by atoms with van der Waals surface area (Å²) in [6, 6.07) is 7.09. The maximum absolute atomic E-state index is 11.9. The van der Waals surface area contributed by atoms with E-state index in [1.807, 2.05) is 0 Å². The Bertz CT molecular complexity index is 606. The molecule has 0 radical (unpaired) electrons. The van der Waals surface area contributed by atoms with Gasteiger partial charge in [0.2, 0.25) is 0 Å². The fraction of sp³-hybridized carbons (Fsp3) is 0.0833. The molecule has 6 heteroatoms. The standard InChI is InChI=1S/C12H12N4OS/c1-16-7-9(6-14-16)12(17)15-10-4-2-3-8(5-10)11(13)18/h2-7H,1H3,(H2,13,18)(H,15,17). The van der Waals surface area contributed by atoms with Gasteiger partial charge in [-0.15, -0.1) is 0 Å². The summed E-state index contributed by atoms with van der Waals surface area (Å²) in [5.41, 5.74) is 7.40. The van der Waals surface area contributed by atoms with Gasteiger partial charge in [-0.25, -0.2) is 0 Å². The Morgan fingerprint density at radius 1 is 1.44 bits per heavy atom. The van der Waals surface area contributed by atoms with Crippen LogP contribution in [0.2, 0.25) is 0 Å². The third kappa shape index (κ3) is 2.72. The third-order valence-corrected chi connectivity index (χ3v) is 2.61. The van der Waals surface area contributed by atoms with Crippen molar-refractivity contribution in [3.8, 4) is 0 Å². The largest absolute Gasteiger partial charge is 0.389 e. The van der Waals surface area contributed by atoms with Crippen molar-refractivity contribution < 1.29 is 4.79 Å². The monoisotopic (exact) mass is 260 g/mol. The topological polar surface area (TPSA) is 72.9 Å². The average molecular weight is 260 g/mol. The Morgan fingerprint density at radius 2 is 2.22 bits per heavy atom. The number of amides is 1. The predicted molar refractivity (Wildman–Crippen MR) is 73.5 cm³/mol. The molecule has 1 heterocycles. The minimum Gasteiger partial charge on any atom is -0.389 e. The van der Waals surface area contributed by atoms with Gasteiger partial charge in [-0.3, -0.25) is 9.48 Å². The van der Waals surface area contributed by atoms with Crippen LogP contribution in [0.3, 0.4) is 0 Å². The zero-order valence-electron chi connectivity index (χ0n) is 9.75. The second-order valence-electron chi connectivity index (χ2n) is 3.80. The molecular weight excluding hydrogens is 248 g/mol. The summed E-state index contributed by atoms with van der Waals surface area (Å²) in [6.07, 6.45) is 3.15. The molecule has 0 aliphatic heterocycles. The normalized spacial score (nSPS) is 10.1. The van der Waals surface area contributed by atoms with Crippen LogP contribution in [0.4, 0.5) is 5.69 Å². The molecule has 0 aliphatic rings. The van der Waals surface area contributed by atoms with E-state index in [1.165, 1.54) is 6.20 Å². The summed E-state index contributed by atoms with van der Waals surface area (Å²) in [7, 11) is 1.75. The Morgan fingerprint density at radius 3 is 2.83 bits per heavy atom. The lowest BCUT2D eigenvalue weighted by molar-refractivity contribution is 0.102. The highest BCUT2D eigenvalue weighted by atomic mass is 32.1. The molecule has 0 atom stereocenters. The summed E-state index contributed by atoms with van der Waals surface area (Å²) in [5.74, 6) is -0.219. The number of aromatic nitrogens is 2. The number of hydrogen-bond acceptors (Lipinski definition) is 3. The highest BCUT2D eigenvalue weighted by Crippen LogP contribution is 2.12. The lowest BCUT2D eigenvalue weighted by Gasteiger charge is -2.05. The van der Waals surface area contributed by atoms with Gasteiger partial charge >= 0.3 is 0 Å². The highest BCUT2D eigenvalue weighted by Gasteiger charge is 2.08. The fourth-order valence-electron chi connectivity index (χ4n) is 1.49. The number of aryl methyl sites for hydroxylation is 1. The van der Waals surface area contributed by atoms with Crippen LogP contribution >= 0.6 is 12.2 Å². The summed E-state index contributed by atoms with van der Waals surface area (Å²) < 4.78 is 1.57. The first-order valence-corrected chi connectivity index (χ1v) is 5.67. The predicted octanol–water partition coefficient (Wildman–Crippen LogP) is 1.31. The Labute approximate surface area is 110 Å². The van der Waals surface area contributed by atoms with E-state index in [0.717, 1.165) is 0 Å². The number of nitrogens with two attached hydrogens (primary N) is 1. The van der Waals surface area contributed by atoms with Gasteiger partial charge in [0, 0.05) is 24.5 Å². The van der Waals surface area contributed by atoms with Crippen LogP contribution in [0.25, 0.3) is 0 Å². The average Bonchev–Trinajstić information content (AvgIpc) is 2.76. The summed E-state index contributed by atoms with van der Waals surface area (Å²) in [4.78, 5) is 12.2. The lowest BCUT2D eigenvalue weighted by atomic mass is 10.2. The molecule has 2 rings (SSSR count). The maximum Gasteiger partial charge on any atom is 0.258 e. The number of hydrogen-bond donors (Lipinski definition) is 2. The molecule has 92 valence electrons. The van der Waals surface area contributed by atoms with E-state index >= 15 is 0 Å². The zero-order chi connectivity index (χ0) is 13.1. The Hall–Kier alpha value is -2.21. The minimum atomic E-state index is -0.219. The van der Waals surface area contributed by atoms with Crippen molar-refractivity contribution in [2.24, 2.45) is 12.8 Å². The van der Waals surface area contributed by atoms with Crippen LogP contribution in [0, 0.1) is 0 Å². The maximum atomic E-state index is 11.9. The van der Waals surface area contributed by atoms with Crippen LogP contribution in [0.5, 0.6) is 0 Å². The van der Waals surface area contributed by atoms with E-state index in [2.05, 4.69) is 10.4 Å². The molecule has 1 aromatic heterocycles. The first kappa shape index (κ1) is 12.3. The molecule has 5 nitrogen and oxygen atoms in total. The molecule has 0 saturated carbocycles. The van der Waals surface area contributed by atoms with Crippen molar-refractivity contribution in [1.29, 1.82) is 0 Å². The molecule has 0 fully saturated rings. The van der Waals surface area contributed by atoms with Gasteiger partial charge in [0.05, 0.1) is 11.8 Å². The smallest absolute Gasteiger partial charge is 0.258 e. The molecule has 0 aliphatic carbocycles. The van der Waals surface area contributed by atoms with Gasteiger partial charge in [-0.2, -0.15) is 5.10 Å². The summed E-state index contributed by atoms with van der Waals surface area (Å²) in [6.45, 7) is 0. The molecule has 0 saturated heterocycles. The fourth-order valence-corrected chi connectivity index (χ4v) is 1.62. The number of thiocarbonyl (C=S) groups is 1. The SMILES string of the molecule is Cn1cc(C(=O)Nc2cccc(C(N)=S)c2)cn1. The lowest BCUT2D eigenvalue weighted by Crippen LogP contribution is -2.13. The van der Waals surface area contributed by atoms with E-state index in [4.69, 9.17) is 18.0 Å². The van der Waals surface area contributed by atoms with Gasteiger partial charge in [-0.1, -0.05) is 24.4 Å². The van der Waals surface area contributed by atoms with Crippen LogP contribution in [-0.2, 0) is 7.05 Å². The molecule has 18 heavy (non-hydrogen) atoms. The molecular formula is C12H12N4OS. The molecule has 1 aromatic carbocycles. The van der Waals surface area contributed by atoms with Crippen LogP contribution in [0.1, 0.15) is 15.9 Å². The molecule has 0 unspecified atom stereocenters. The second kappa shape index (κ2) is 4.97. The number of nitrogens with zero attached hydrogens (tertiary/aromatic N) is 2. The molecule has 3 N–H and O–H groups in total. The van der Waals surface area contributed by atoms with E-state index in [-0.39, 0.29) is 5.91 Å². The Balaban J connectivity index is 2.16. The molecule has 2 aromatic rings. The van der Waals surface area contributed by atoms with E-state index in [9.17, 15) is 4.79 Å². The van der Waals surface area contributed by atoms with Crippen molar-refractivity contribution in [3.63, 3.8) is 0 Å². The van der Waals surface area contributed by atoms with Gasteiger partial charge < -0.3 is 11.1 Å². The highest BCUT2D eigenvalue weighted by molar-refractivity contribution is 7.80. The molecule has 1 amide bonds. The number of nitrogens with one attached hydrogen (secondary N) is 1. The quantitative estimate of drug-likeness (QED) is 0.816. The number of benzene rings is 1. The minimum absolute atomic E-state index is 0.219. The second-order valence-corrected chi connectivity index (χ2v) is 4.24. The number of carbonyl (C=O) groups excluding carboxylic acids is 1. The number of carbonyl (C=O) groups is 1. The van der Waals surface area contributed by atoms with Gasteiger partial charge in [0.25, 0.3) is 5.91 Å². The van der Waals surface area contributed by atoms with Gasteiger partial charge in [0.15, 0.2) is 0 Å². The van der Waals surface area contributed by atoms with Crippen molar-refractivity contribution in [2.75, 3.05) is 5.32 Å². The van der Waals surface area contributed by atoms with Crippen LogP contribution < -0.4 is 11.1 Å². The first-order chi connectivity index (χ1) is 8.56. The third-order valence-electron chi connectivity index (χ3n) is 2.37. The molecule has 0 spiro atoms. The van der Waals surface area contributed by atoms with E-state index < -0.39 is 0 Å². The summed E-state index contributed by atoms with van der Waals surface area (Å²) in [5, 5.41) is 6.70. The van der Waals surface area contributed by atoms with Gasteiger partial charge in [0.1, 0.15) is 4.99 Å². The number of anilines is 1. The summed E-state index contributed by atoms with van der Waals surface area (Å²) >= 11 is 4.88. The van der Waals surface area contributed by atoms with Crippen molar-refractivity contribution in [3.05, 3.63) is 47.8 Å². The van der Waals surface area contributed by atoms with Crippen molar-refractivity contribution in [1.82, 2.24) is 9.78 Å². The van der Waals surface area contributed by atoms with Crippen molar-refractivity contribution >= 4 is 28.8 Å². The zero-order valence-corrected chi connectivity index (χ0v) is 10.6. The van der Waals surface area contributed by atoms with Gasteiger partial charge in [-0.05, 0) is 12.1 Å². The molecule has 0 bridgehead atoms.